The lowest BCUT2D eigenvalue weighted by Gasteiger charge is -2.29. The molecule has 0 saturated heterocycles. The van der Waals surface area contributed by atoms with Gasteiger partial charge in [0.1, 0.15) is 22.9 Å². The maximum atomic E-state index is 15.9. The Morgan fingerprint density at radius 2 is 0.987 bits per heavy atom. The third-order valence-corrected chi connectivity index (χ3v) is 18.9. The Morgan fingerprint density at radius 3 is 1.45 bits per heavy atom. The number of carbonyl (C=O) groups is 3. The van der Waals surface area contributed by atoms with Crippen LogP contribution in [0.2, 0.25) is 0 Å². The summed E-state index contributed by atoms with van der Waals surface area (Å²) in [6.07, 6.45) is 28.2. The zero-order valence-electron chi connectivity index (χ0n) is 48.7. The first kappa shape index (κ1) is 59.3. The van der Waals surface area contributed by atoms with Crippen LogP contribution in [0.1, 0.15) is 256 Å². The number of benzene rings is 1. The molecule has 0 saturated carbocycles. The average molecular weight is 1080 g/mol. The first-order chi connectivity index (χ1) is 36.5. The van der Waals surface area contributed by atoms with Crippen molar-refractivity contribution in [2.24, 2.45) is 11.8 Å². The molecule has 0 N–H and O–H groups in total. The van der Waals surface area contributed by atoms with Gasteiger partial charge in [0.2, 0.25) is 0 Å². The zero-order chi connectivity index (χ0) is 54.6. The minimum Gasteiger partial charge on any atom is -0.465 e. The third-order valence-electron chi connectivity index (χ3n) is 16.0. The fraction of sp³-hybridized carbons (Fsp3) is 0.621. The van der Waals surface area contributed by atoms with E-state index in [-0.39, 0.29) is 40.4 Å². The standard InChI is InChI=1S/C66H94N2O6S2/c1-12-16-20-24-26-30-34-45(32-28-22-18-14-3)43-67-58(51-37-36-50(73-51)53-41-47-40-49(64(71)72-11)48-42-55(66(8,9)10)76-61(48)60(47)75-53)56-57(63(67)70)59(52-38-39-54(74-52)65(5,6)7)68(62(56)69)44-46(33-29-23-19-15-4)35-31-27-25-21-17-13-2/h36-42,45-46H,12-35,43-44H2,1-11H3. The van der Waals surface area contributed by atoms with Crippen molar-refractivity contribution >= 4 is 72.0 Å². The number of furan rings is 2. The lowest BCUT2D eigenvalue weighted by molar-refractivity contribution is -0.124. The average Bonchev–Trinajstić information content (AvgIpc) is 4.29. The Morgan fingerprint density at radius 1 is 0.539 bits per heavy atom. The summed E-state index contributed by atoms with van der Waals surface area (Å²) >= 11 is 3.38. The number of carbonyl (C=O) groups excluding carboxylic acids is 3. The van der Waals surface area contributed by atoms with Gasteiger partial charge in [-0.3, -0.25) is 9.59 Å². The van der Waals surface area contributed by atoms with Gasteiger partial charge in [0.25, 0.3) is 11.8 Å². The predicted molar refractivity (Wildman–Crippen MR) is 320 cm³/mol. The summed E-state index contributed by atoms with van der Waals surface area (Å²) in [7, 11) is 1.44. The van der Waals surface area contributed by atoms with Crippen LogP contribution in [0.4, 0.5) is 0 Å². The molecule has 0 radical (unpaired) electrons. The van der Waals surface area contributed by atoms with Gasteiger partial charge in [-0.25, -0.2) is 4.79 Å². The number of unbranched alkanes of at least 4 members (excludes halogenated alkanes) is 16. The number of esters is 1. The molecule has 2 aliphatic heterocycles. The second kappa shape index (κ2) is 27.5. The summed E-state index contributed by atoms with van der Waals surface area (Å²) in [4.78, 5) is 51.0. The van der Waals surface area contributed by atoms with E-state index in [1.54, 1.807) is 22.7 Å². The molecule has 5 aromatic rings. The van der Waals surface area contributed by atoms with Crippen molar-refractivity contribution in [2.75, 3.05) is 20.2 Å². The van der Waals surface area contributed by atoms with Crippen LogP contribution in [0.15, 0.2) is 62.4 Å². The zero-order valence-corrected chi connectivity index (χ0v) is 50.4. The molecule has 416 valence electrons. The molecule has 0 bridgehead atoms. The SMILES string of the molecule is CCCCCCCCC(CCCCCC)CN1C(=O)C2=C(c3ccc(C(C)(C)C)o3)N(CC(CCCCCC)CCCCCCCC)C(=O)C2=C1c1ccc(-c2cc3cc(C(=O)OC)c4cc(C(C)(C)C)sc4c3s2)o1. The lowest BCUT2D eigenvalue weighted by Crippen LogP contribution is -2.34. The van der Waals surface area contributed by atoms with Crippen LogP contribution in [0.25, 0.3) is 42.2 Å². The van der Waals surface area contributed by atoms with E-state index in [2.05, 4.69) is 81.4 Å². The van der Waals surface area contributed by atoms with Crippen LogP contribution in [0.3, 0.4) is 0 Å². The first-order valence-electron chi connectivity index (χ1n) is 30.0. The van der Waals surface area contributed by atoms with Crippen molar-refractivity contribution in [2.45, 2.75) is 234 Å². The fourth-order valence-electron chi connectivity index (χ4n) is 11.5. The van der Waals surface area contributed by atoms with E-state index < -0.39 is 0 Å². The number of nitrogens with zero attached hydrogens (tertiary/aromatic N) is 2. The van der Waals surface area contributed by atoms with Crippen molar-refractivity contribution in [3.63, 3.8) is 0 Å². The van der Waals surface area contributed by atoms with Crippen LogP contribution in [-0.4, -0.2) is 47.8 Å². The van der Waals surface area contributed by atoms with E-state index >= 15 is 9.59 Å². The van der Waals surface area contributed by atoms with Gasteiger partial charge in [-0.05, 0) is 90.8 Å². The van der Waals surface area contributed by atoms with Gasteiger partial charge in [0, 0.05) is 28.8 Å². The third kappa shape index (κ3) is 14.2. The van der Waals surface area contributed by atoms with E-state index in [9.17, 15) is 4.79 Å². The molecule has 7 rings (SSSR count). The van der Waals surface area contributed by atoms with Crippen LogP contribution in [-0.2, 0) is 25.2 Å². The highest BCUT2D eigenvalue weighted by Gasteiger charge is 2.51. The van der Waals surface area contributed by atoms with Crippen LogP contribution < -0.4 is 0 Å². The fourth-order valence-corrected chi connectivity index (χ4v) is 14.0. The van der Waals surface area contributed by atoms with E-state index in [4.69, 9.17) is 13.6 Å². The molecule has 76 heavy (non-hydrogen) atoms. The van der Waals surface area contributed by atoms with Crippen LogP contribution in [0, 0.1) is 11.8 Å². The number of amides is 2. The Bertz CT molecular complexity index is 2780. The number of methoxy groups -OCH3 is 1. The van der Waals surface area contributed by atoms with Crippen molar-refractivity contribution in [3.05, 3.63) is 81.3 Å². The minimum atomic E-state index is -0.356. The van der Waals surface area contributed by atoms with Gasteiger partial charge in [0.15, 0.2) is 11.5 Å². The molecule has 0 aliphatic carbocycles. The van der Waals surface area contributed by atoms with Crippen molar-refractivity contribution < 1.29 is 28.0 Å². The number of thiophene rings is 2. The summed E-state index contributed by atoms with van der Waals surface area (Å²) < 4.78 is 21.3. The number of rotatable bonds is 32. The highest BCUT2D eigenvalue weighted by Crippen LogP contribution is 2.50. The second-order valence-electron chi connectivity index (χ2n) is 24.4. The van der Waals surface area contributed by atoms with Crippen molar-refractivity contribution in [1.82, 2.24) is 9.80 Å². The molecule has 10 heteroatoms. The second-order valence-corrected chi connectivity index (χ2v) is 26.6. The maximum Gasteiger partial charge on any atom is 0.338 e. The predicted octanol–water partition coefficient (Wildman–Crippen LogP) is 19.8. The molecule has 2 unspecified atom stereocenters. The highest BCUT2D eigenvalue weighted by atomic mass is 32.1. The van der Waals surface area contributed by atoms with E-state index in [0.29, 0.717) is 58.5 Å². The van der Waals surface area contributed by atoms with E-state index in [0.717, 1.165) is 82.2 Å². The van der Waals surface area contributed by atoms with Gasteiger partial charge < -0.3 is 23.4 Å². The molecule has 2 aliphatic rings. The van der Waals surface area contributed by atoms with Gasteiger partial charge in [-0.2, -0.15) is 0 Å². The lowest BCUT2D eigenvalue weighted by atomic mass is 9.93. The normalized spacial score (nSPS) is 15.2. The van der Waals surface area contributed by atoms with E-state index in [1.165, 1.54) is 115 Å². The summed E-state index contributed by atoms with van der Waals surface area (Å²) in [5.41, 5.74) is 2.28. The summed E-state index contributed by atoms with van der Waals surface area (Å²) in [6, 6.07) is 14.2. The van der Waals surface area contributed by atoms with Crippen molar-refractivity contribution in [3.8, 4) is 10.6 Å². The smallest absolute Gasteiger partial charge is 0.338 e. The largest absolute Gasteiger partial charge is 0.465 e. The first-order valence-corrected chi connectivity index (χ1v) is 31.6. The summed E-state index contributed by atoms with van der Waals surface area (Å²) in [6.45, 7) is 23.1. The Kier molecular flexibility index (Phi) is 21.4. The summed E-state index contributed by atoms with van der Waals surface area (Å²) in [5.74, 6) is 2.52. The monoisotopic (exact) mass is 1070 g/mol. The van der Waals surface area contributed by atoms with Crippen LogP contribution >= 0.6 is 22.7 Å². The highest BCUT2D eigenvalue weighted by molar-refractivity contribution is 7.29. The number of hydrogen-bond donors (Lipinski definition) is 0. The number of ether oxygens (including phenoxy) is 1. The number of hydrogen-bond acceptors (Lipinski definition) is 8. The Balaban J connectivity index is 1.36. The Labute approximate surface area is 465 Å². The molecule has 1 aromatic carbocycles. The van der Waals surface area contributed by atoms with Gasteiger partial charge in [0.05, 0.1) is 38.1 Å². The molecular formula is C66H94N2O6S2. The molecular weight excluding hydrogens is 981 g/mol. The topological polar surface area (TPSA) is 93.2 Å². The van der Waals surface area contributed by atoms with Gasteiger partial charge >= 0.3 is 5.97 Å². The molecule has 4 aromatic heterocycles. The van der Waals surface area contributed by atoms with E-state index in [1.807, 2.05) is 40.1 Å². The van der Waals surface area contributed by atoms with Crippen LogP contribution in [0.5, 0.6) is 0 Å². The molecule has 8 nitrogen and oxygen atoms in total. The summed E-state index contributed by atoms with van der Waals surface area (Å²) in [5, 5.41) is 1.85. The maximum absolute atomic E-state index is 15.9. The minimum absolute atomic E-state index is 0.0995. The molecule has 2 amide bonds. The molecule has 0 fully saturated rings. The molecule has 2 atom stereocenters. The van der Waals surface area contributed by atoms with Crippen molar-refractivity contribution in [1.29, 1.82) is 0 Å². The quantitative estimate of drug-likeness (QED) is 0.0315. The van der Waals surface area contributed by atoms with Gasteiger partial charge in [-0.1, -0.05) is 198 Å². The Hall–Kier alpha value is -4.41. The van der Waals surface area contributed by atoms with Gasteiger partial charge in [-0.15, -0.1) is 22.7 Å². The number of fused-ring (bicyclic) bond motifs is 4. The molecule has 0 spiro atoms. The molecule has 6 heterocycles.